The highest BCUT2D eigenvalue weighted by atomic mass is 32.1. The summed E-state index contributed by atoms with van der Waals surface area (Å²) in [5.74, 6) is 0.920. The molecule has 1 unspecified atom stereocenters. The first-order valence-electron chi connectivity index (χ1n) is 7.62. The van der Waals surface area contributed by atoms with Crippen LogP contribution in [0, 0.1) is 5.92 Å². The van der Waals surface area contributed by atoms with Crippen molar-refractivity contribution in [2.24, 2.45) is 5.92 Å². The van der Waals surface area contributed by atoms with Crippen molar-refractivity contribution in [2.45, 2.75) is 58.0 Å². The molecule has 0 aliphatic heterocycles. The third-order valence-electron chi connectivity index (χ3n) is 4.31. The van der Waals surface area contributed by atoms with Crippen LogP contribution in [-0.2, 0) is 6.42 Å². The lowest BCUT2D eigenvalue weighted by atomic mass is 9.98. The first kappa shape index (κ1) is 13.4. The van der Waals surface area contributed by atoms with Gasteiger partial charge in [-0.3, -0.25) is 0 Å². The van der Waals surface area contributed by atoms with Gasteiger partial charge in [0.1, 0.15) is 0 Å². The van der Waals surface area contributed by atoms with Crippen molar-refractivity contribution >= 4 is 16.5 Å². The van der Waals surface area contributed by atoms with Crippen molar-refractivity contribution in [1.29, 1.82) is 0 Å². The van der Waals surface area contributed by atoms with Gasteiger partial charge in [-0.25, -0.2) is 4.98 Å². The molecule has 1 atom stereocenters. The van der Waals surface area contributed by atoms with E-state index in [0.717, 1.165) is 5.92 Å². The van der Waals surface area contributed by atoms with Gasteiger partial charge in [-0.05, 0) is 58.9 Å². The van der Waals surface area contributed by atoms with Crippen LogP contribution in [0.2, 0.25) is 0 Å². The Bertz CT molecular complexity index is 437. The van der Waals surface area contributed by atoms with E-state index in [1.165, 1.54) is 54.4 Å². The molecule has 1 fully saturated rings. The molecule has 0 spiro atoms. The highest BCUT2D eigenvalue weighted by Crippen LogP contribution is 2.39. The van der Waals surface area contributed by atoms with Gasteiger partial charge in [0, 0.05) is 23.5 Å². The van der Waals surface area contributed by atoms with Crippen molar-refractivity contribution < 1.29 is 0 Å². The van der Waals surface area contributed by atoms with Crippen LogP contribution in [0.25, 0.3) is 0 Å². The molecule has 0 amide bonds. The van der Waals surface area contributed by atoms with E-state index in [9.17, 15) is 0 Å². The molecular weight excluding hydrogens is 254 g/mol. The molecule has 3 rings (SSSR count). The lowest BCUT2D eigenvalue weighted by Gasteiger charge is -2.26. The normalized spacial score (nSPS) is 22.6. The summed E-state index contributed by atoms with van der Waals surface area (Å²) in [4.78, 5) is 8.97. The quantitative estimate of drug-likeness (QED) is 0.896. The number of aromatic nitrogens is 1. The average molecular weight is 279 g/mol. The maximum absolute atomic E-state index is 4.96. The third-order valence-corrected chi connectivity index (χ3v) is 5.56. The molecule has 3 nitrogen and oxygen atoms in total. The topological polar surface area (TPSA) is 28.2 Å². The van der Waals surface area contributed by atoms with Gasteiger partial charge in [-0.15, -0.1) is 0 Å². The summed E-state index contributed by atoms with van der Waals surface area (Å²) in [6, 6.07) is 1.09. The van der Waals surface area contributed by atoms with Gasteiger partial charge in [0.25, 0.3) is 0 Å². The van der Waals surface area contributed by atoms with Crippen LogP contribution in [0.5, 0.6) is 0 Å². The Morgan fingerprint density at radius 3 is 2.79 bits per heavy atom. The predicted octanol–water partition coefficient (Wildman–Crippen LogP) is 3.36. The van der Waals surface area contributed by atoms with Gasteiger partial charge in [0.15, 0.2) is 5.13 Å². The van der Waals surface area contributed by atoms with E-state index < -0.39 is 0 Å². The predicted molar refractivity (Wildman–Crippen MR) is 82.1 cm³/mol. The highest BCUT2D eigenvalue weighted by Gasteiger charge is 2.29. The minimum atomic E-state index is 0.532. The number of rotatable bonds is 5. The zero-order valence-electron chi connectivity index (χ0n) is 12.3. The Kier molecular flexibility index (Phi) is 3.81. The second kappa shape index (κ2) is 5.41. The van der Waals surface area contributed by atoms with E-state index >= 15 is 0 Å². The minimum absolute atomic E-state index is 0.532. The molecular formula is C15H25N3S. The van der Waals surface area contributed by atoms with Gasteiger partial charge >= 0.3 is 0 Å². The number of thiazole rings is 1. The number of anilines is 1. The number of hydrogen-bond acceptors (Lipinski definition) is 4. The van der Waals surface area contributed by atoms with E-state index in [1.54, 1.807) is 0 Å². The summed E-state index contributed by atoms with van der Waals surface area (Å²) >= 11 is 1.93. The molecule has 1 aromatic rings. The zero-order chi connectivity index (χ0) is 13.4. The summed E-state index contributed by atoms with van der Waals surface area (Å²) in [5.41, 5.74) is 1.35. The molecule has 2 aliphatic rings. The molecule has 1 aromatic heterocycles. The average Bonchev–Trinajstić information content (AvgIpc) is 3.11. The standard InChI is InChI=1S/C15H25N3S/c1-10(2)18(9-11-7-8-11)15-17-13-6-4-5-12(16-3)14(13)19-15/h10-12,16H,4-9H2,1-3H3. The molecule has 1 N–H and O–H groups in total. The number of nitrogens with one attached hydrogen (secondary N) is 1. The van der Waals surface area contributed by atoms with Crippen LogP contribution in [0.3, 0.4) is 0 Å². The van der Waals surface area contributed by atoms with E-state index in [1.807, 2.05) is 11.3 Å². The third kappa shape index (κ3) is 2.79. The second-order valence-corrected chi connectivity index (χ2v) is 7.24. The number of nitrogens with zero attached hydrogens (tertiary/aromatic N) is 2. The lowest BCUT2D eigenvalue weighted by Crippen LogP contribution is -2.32. The summed E-state index contributed by atoms with van der Waals surface area (Å²) in [5, 5.41) is 4.70. The Morgan fingerprint density at radius 1 is 1.37 bits per heavy atom. The fourth-order valence-electron chi connectivity index (χ4n) is 2.89. The smallest absolute Gasteiger partial charge is 0.186 e. The van der Waals surface area contributed by atoms with Gasteiger partial charge < -0.3 is 10.2 Å². The number of aryl methyl sites for hydroxylation is 1. The van der Waals surface area contributed by atoms with Crippen LogP contribution in [-0.4, -0.2) is 24.6 Å². The van der Waals surface area contributed by atoms with Crippen molar-refractivity contribution in [2.75, 3.05) is 18.5 Å². The molecule has 19 heavy (non-hydrogen) atoms. The van der Waals surface area contributed by atoms with Crippen LogP contribution in [0.1, 0.15) is 56.1 Å². The van der Waals surface area contributed by atoms with Gasteiger partial charge in [-0.1, -0.05) is 11.3 Å². The van der Waals surface area contributed by atoms with Crippen LogP contribution in [0.15, 0.2) is 0 Å². The molecule has 1 saturated carbocycles. The van der Waals surface area contributed by atoms with Crippen molar-refractivity contribution in [3.8, 4) is 0 Å². The zero-order valence-corrected chi connectivity index (χ0v) is 13.1. The summed E-state index contributed by atoms with van der Waals surface area (Å²) in [6.45, 7) is 5.78. The van der Waals surface area contributed by atoms with Crippen LogP contribution >= 0.6 is 11.3 Å². The Morgan fingerprint density at radius 2 is 2.16 bits per heavy atom. The van der Waals surface area contributed by atoms with Crippen LogP contribution < -0.4 is 10.2 Å². The Balaban J connectivity index is 1.84. The monoisotopic (exact) mass is 279 g/mol. The van der Waals surface area contributed by atoms with Gasteiger partial charge in [-0.2, -0.15) is 0 Å². The summed E-state index contributed by atoms with van der Waals surface area (Å²) in [6.07, 6.45) is 6.52. The van der Waals surface area contributed by atoms with Gasteiger partial charge in [0.2, 0.25) is 0 Å². The molecule has 0 saturated heterocycles. The highest BCUT2D eigenvalue weighted by molar-refractivity contribution is 7.15. The minimum Gasteiger partial charge on any atom is -0.345 e. The summed E-state index contributed by atoms with van der Waals surface area (Å²) < 4.78 is 0. The molecule has 4 heteroatoms. The first-order chi connectivity index (χ1) is 9.19. The SMILES string of the molecule is CNC1CCCc2nc(N(CC3CC3)C(C)C)sc21. The van der Waals surface area contributed by atoms with E-state index in [-0.39, 0.29) is 0 Å². The molecule has 106 valence electrons. The van der Waals surface area contributed by atoms with E-state index in [0.29, 0.717) is 12.1 Å². The number of hydrogen-bond donors (Lipinski definition) is 1. The van der Waals surface area contributed by atoms with E-state index in [2.05, 4.69) is 31.1 Å². The fraction of sp³-hybridized carbons (Fsp3) is 0.800. The largest absolute Gasteiger partial charge is 0.345 e. The Hall–Kier alpha value is -0.610. The fourth-order valence-corrected chi connectivity index (χ4v) is 4.29. The van der Waals surface area contributed by atoms with E-state index in [4.69, 9.17) is 4.98 Å². The molecule has 0 bridgehead atoms. The molecule has 1 heterocycles. The van der Waals surface area contributed by atoms with Crippen LogP contribution in [0.4, 0.5) is 5.13 Å². The number of fused-ring (bicyclic) bond motifs is 1. The Labute approximate surface area is 120 Å². The van der Waals surface area contributed by atoms with Crippen molar-refractivity contribution in [3.05, 3.63) is 10.6 Å². The maximum Gasteiger partial charge on any atom is 0.186 e. The maximum atomic E-state index is 4.96. The summed E-state index contributed by atoms with van der Waals surface area (Å²) in [7, 11) is 2.07. The second-order valence-electron chi connectivity index (χ2n) is 6.23. The lowest BCUT2D eigenvalue weighted by molar-refractivity contribution is 0.501. The van der Waals surface area contributed by atoms with Crippen molar-refractivity contribution in [1.82, 2.24) is 10.3 Å². The van der Waals surface area contributed by atoms with Gasteiger partial charge in [0.05, 0.1) is 5.69 Å². The van der Waals surface area contributed by atoms with Crippen molar-refractivity contribution in [3.63, 3.8) is 0 Å². The molecule has 0 aromatic carbocycles. The molecule has 2 aliphatic carbocycles. The first-order valence-corrected chi connectivity index (χ1v) is 8.44. The molecule has 0 radical (unpaired) electrons.